The zero-order valence-corrected chi connectivity index (χ0v) is 16.0. The molecule has 3 aromatic rings. The molecule has 1 amide bonds. The molecule has 2 heterocycles. The van der Waals surface area contributed by atoms with Gasteiger partial charge in [0.05, 0.1) is 5.69 Å². The van der Waals surface area contributed by atoms with E-state index in [1.54, 1.807) is 4.68 Å². The molecule has 2 aromatic carbocycles. The summed E-state index contributed by atoms with van der Waals surface area (Å²) in [5, 5.41) is 7.35. The molecule has 0 bridgehead atoms. The number of aromatic nitrogens is 2. The van der Waals surface area contributed by atoms with Crippen LogP contribution in [0.5, 0.6) is 11.5 Å². The van der Waals surface area contributed by atoms with Gasteiger partial charge in [0.15, 0.2) is 11.5 Å². The average Bonchev–Trinajstić information content (AvgIpc) is 3.30. The van der Waals surface area contributed by atoms with Crippen LogP contribution in [-0.2, 0) is 18.4 Å². The van der Waals surface area contributed by atoms with E-state index in [0.29, 0.717) is 13.0 Å². The molecular formula is C22H23N3O3. The monoisotopic (exact) mass is 377 g/mol. The van der Waals surface area contributed by atoms with E-state index >= 15 is 0 Å². The fourth-order valence-corrected chi connectivity index (χ4v) is 3.52. The van der Waals surface area contributed by atoms with Crippen LogP contribution in [0.15, 0.2) is 54.7 Å². The van der Waals surface area contributed by atoms with Crippen molar-refractivity contribution in [2.45, 2.75) is 25.8 Å². The number of carbonyl (C=O) groups is 1. The molecular weight excluding hydrogens is 354 g/mol. The lowest BCUT2D eigenvalue weighted by Crippen LogP contribution is -2.25. The highest BCUT2D eigenvalue weighted by Gasteiger charge is 2.22. The van der Waals surface area contributed by atoms with Crippen molar-refractivity contribution in [1.82, 2.24) is 15.1 Å². The van der Waals surface area contributed by atoms with Crippen molar-refractivity contribution in [2.75, 3.05) is 6.79 Å². The maximum Gasteiger partial charge on any atom is 0.231 e. The Bertz CT molecular complexity index is 982. The second-order valence-electron chi connectivity index (χ2n) is 6.97. The van der Waals surface area contributed by atoms with Gasteiger partial charge in [-0.2, -0.15) is 5.10 Å². The molecule has 6 nitrogen and oxygen atoms in total. The molecule has 4 rings (SSSR count). The van der Waals surface area contributed by atoms with Crippen LogP contribution in [0, 0.1) is 6.92 Å². The first-order valence-electron chi connectivity index (χ1n) is 9.30. The van der Waals surface area contributed by atoms with Gasteiger partial charge in [0, 0.05) is 37.7 Å². The molecule has 0 saturated carbocycles. The summed E-state index contributed by atoms with van der Waals surface area (Å²) < 4.78 is 12.7. The fourth-order valence-electron chi connectivity index (χ4n) is 3.52. The minimum atomic E-state index is -0.0642. The summed E-state index contributed by atoms with van der Waals surface area (Å²) in [5.74, 6) is 1.40. The van der Waals surface area contributed by atoms with Gasteiger partial charge in [0.1, 0.15) is 0 Å². The lowest BCUT2D eigenvalue weighted by molar-refractivity contribution is -0.121. The van der Waals surface area contributed by atoms with Crippen LogP contribution in [0.4, 0.5) is 0 Å². The van der Waals surface area contributed by atoms with Gasteiger partial charge in [0.25, 0.3) is 0 Å². The third-order valence-electron chi connectivity index (χ3n) is 4.98. The Morgan fingerprint density at radius 1 is 1.14 bits per heavy atom. The average molecular weight is 377 g/mol. The number of nitrogens with zero attached hydrogens (tertiary/aromatic N) is 2. The zero-order chi connectivity index (χ0) is 19.5. The summed E-state index contributed by atoms with van der Waals surface area (Å²) in [5.41, 5.74) is 4.07. The van der Waals surface area contributed by atoms with Crippen LogP contribution in [-0.4, -0.2) is 22.5 Å². The third-order valence-corrected chi connectivity index (χ3v) is 4.98. The molecule has 0 spiro atoms. The molecule has 0 aliphatic carbocycles. The molecule has 6 heteroatoms. The van der Waals surface area contributed by atoms with Crippen molar-refractivity contribution in [3.63, 3.8) is 0 Å². The molecule has 28 heavy (non-hydrogen) atoms. The van der Waals surface area contributed by atoms with E-state index in [0.717, 1.165) is 33.9 Å². The Balaban J connectivity index is 1.52. The van der Waals surface area contributed by atoms with Gasteiger partial charge in [-0.3, -0.25) is 9.48 Å². The van der Waals surface area contributed by atoms with Gasteiger partial charge >= 0.3 is 0 Å². The van der Waals surface area contributed by atoms with Gasteiger partial charge in [-0.15, -0.1) is 0 Å². The second-order valence-corrected chi connectivity index (χ2v) is 6.97. The predicted molar refractivity (Wildman–Crippen MR) is 105 cm³/mol. The van der Waals surface area contributed by atoms with Crippen LogP contribution in [0.1, 0.15) is 34.7 Å². The molecule has 1 atom stereocenters. The van der Waals surface area contributed by atoms with Crippen LogP contribution < -0.4 is 14.8 Å². The first kappa shape index (κ1) is 18.1. The van der Waals surface area contributed by atoms with E-state index in [9.17, 15) is 4.79 Å². The Labute approximate surface area is 164 Å². The van der Waals surface area contributed by atoms with Gasteiger partial charge in [-0.05, 0) is 30.2 Å². The summed E-state index contributed by atoms with van der Waals surface area (Å²) >= 11 is 0. The normalized spacial score (nSPS) is 13.4. The molecule has 1 aromatic heterocycles. The van der Waals surface area contributed by atoms with Crippen LogP contribution in [0.25, 0.3) is 0 Å². The van der Waals surface area contributed by atoms with E-state index in [1.807, 2.05) is 68.7 Å². The number of benzene rings is 2. The van der Waals surface area contributed by atoms with Crippen molar-refractivity contribution in [1.29, 1.82) is 0 Å². The fraction of sp³-hybridized carbons (Fsp3) is 0.273. The van der Waals surface area contributed by atoms with E-state index in [1.165, 1.54) is 0 Å². The summed E-state index contributed by atoms with van der Waals surface area (Å²) in [4.78, 5) is 12.7. The predicted octanol–water partition coefficient (Wildman–Crippen LogP) is 3.30. The Morgan fingerprint density at radius 3 is 2.68 bits per heavy atom. The van der Waals surface area contributed by atoms with Crippen molar-refractivity contribution < 1.29 is 14.3 Å². The number of nitrogens with one attached hydrogen (secondary N) is 1. The van der Waals surface area contributed by atoms with Crippen LogP contribution >= 0.6 is 0 Å². The zero-order valence-electron chi connectivity index (χ0n) is 16.0. The number of ether oxygens (including phenoxy) is 2. The number of hydrogen-bond acceptors (Lipinski definition) is 4. The minimum absolute atomic E-state index is 0.00484. The highest BCUT2D eigenvalue weighted by atomic mass is 16.7. The molecule has 144 valence electrons. The smallest absolute Gasteiger partial charge is 0.231 e. The number of carbonyl (C=O) groups excluding carboxylic acids is 1. The molecule has 1 N–H and O–H groups in total. The van der Waals surface area contributed by atoms with E-state index < -0.39 is 0 Å². The van der Waals surface area contributed by atoms with Crippen molar-refractivity contribution in [2.24, 2.45) is 7.05 Å². The van der Waals surface area contributed by atoms with Gasteiger partial charge < -0.3 is 14.8 Å². The van der Waals surface area contributed by atoms with E-state index in [2.05, 4.69) is 10.4 Å². The molecule has 0 saturated heterocycles. The second kappa shape index (κ2) is 7.76. The molecule has 0 fully saturated rings. The lowest BCUT2D eigenvalue weighted by Gasteiger charge is -2.18. The van der Waals surface area contributed by atoms with Gasteiger partial charge in [0.2, 0.25) is 12.7 Å². The Hall–Kier alpha value is -3.28. The summed E-state index contributed by atoms with van der Waals surface area (Å²) in [6.45, 7) is 2.65. The largest absolute Gasteiger partial charge is 0.454 e. The molecule has 1 aliphatic rings. The van der Waals surface area contributed by atoms with Crippen LogP contribution in [0.3, 0.4) is 0 Å². The molecule has 0 radical (unpaired) electrons. The van der Waals surface area contributed by atoms with E-state index in [4.69, 9.17) is 9.47 Å². The maximum atomic E-state index is 12.7. The van der Waals surface area contributed by atoms with Crippen molar-refractivity contribution >= 4 is 5.91 Å². The van der Waals surface area contributed by atoms with E-state index in [-0.39, 0.29) is 18.6 Å². The van der Waals surface area contributed by atoms with Gasteiger partial charge in [-0.1, -0.05) is 36.4 Å². The number of hydrogen-bond donors (Lipinski definition) is 1. The number of amides is 1. The lowest BCUT2D eigenvalue weighted by atomic mass is 9.88. The van der Waals surface area contributed by atoms with Crippen LogP contribution in [0.2, 0.25) is 0 Å². The summed E-state index contributed by atoms with van der Waals surface area (Å²) in [6.07, 6.45) is 2.28. The summed E-state index contributed by atoms with van der Waals surface area (Å²) in [7, 11) is 1.88. The SMILES string of the molecule is Cc1nn(C)cc1CNC(=O)C[C@@H](c1ccccc1)c1ccc2c(c1)OCO2. The van der Waals surface area contributed by atoms with Gasteiger partial charge in [-0.25, -0.2) is 0 Å². The quantitative estimate of drug-likeness (QED) is 0.716. The third kappa shape index (κ3) is 3.86. The number of fused-ring (bicyclic) bond motifs is 1. The minimum Gasteiger partial charge on any atom is -0.454 e. The summed E-state index contributed by atoms with van der Waals surface area (Å²) in [6, 6.07) is 15.9. The highest BCUT2D eigenvalue weighted by Crippen LogP contribution is 2.37. The topological polar surface area (TPSA) is 65.4 Å². The maximum absolute atomic E-state index is 12.7. The van der Waals surface area contributed by atoms with Crippen molar-refractivity contribution in [3.05, 3.63) is 77.1 Å². The van der Waals surface area contributed by atoms with Crippen molar-refractivity contribution in [3.8, 4) is 11.5 Å². The molecule has 1 aliphatic heterocycles. The number of aryl methyl sites for hydroxylation is 2. The first-order chi connectivity index (χ1) is 13.6. The Kier molecular flexibility index (Phi) is 5.02. The first-order valence-corrected chi connectivity index (χ1v) is 9.30. The standard InChI is InChI=1S/C22H23N3O3/c1-15-18(13-25(2)24-15)12-23-22(26)11-19(16-6-4-3-5-7-16)17-8-9-20-21(10-17)28-14-27-20/h3-10,13,19H,11-12,14H2,1-2H3,(H,23,26)/t19-/m0/s1. The highest BCUT2D eigenvalue weighted by molar-refractivity contribution is 5.77. The number of rotatable bonds is 6. The Morgan fingerprint density at radius 2 is 1.93 bits per heavy atom. The molecule has 0 unspecified atom stereocenters.